The summed E-state index contributed by atoms with van der Waals surface area (Å²) in [5.74, 6) is 3.30. The molecule has 4 atom stereocenters. The average Bonchev–Trinajstić information content (AvgIpc) is 3.41. The van der Waals surface area contributed by atoms with Crippen LogP contribution >= 0.6 is 0 Å². The smallest absolute Gasteiger partial charge is 0.231 e. The number of ether oxygens (including phenoxy) is 7. The number of aliphatic hydroxyl groups excluding tert-OH is 1. The van der Waals surface area contributed by atoms with Gasteiger partial charge in [0.2, 0.25) is 18.3 Å². The summed E-state index contributed by atoms with van der Waals surface area (Å²) in [5, 5.41) is 10.2. The van der Waals surface area contributed by atoms with Gasteiger partial charge in [0.25, 0.3) is 0 Å². The number of benzene rings is 2. The molecule has 2 heterocycles. The van der Waals surface area contributed by atoms with Crippen LogP contribution in [0.1, 0.15) is 30.3 Å². The molecule has 1 saturated heterocycles. The standard InChI is InChI=1S/C23H28O8/c1-12-15(10-24)21(14-7-16(25-2)22(28-5)17(8-14)26-3)31-20(12)13-6-18(27-4)23-19(9-13)29-11-30-23/h6-9,12,15,20-21,24H,10-11H2,1-5H3. The summed E-state index contributed by atoms with van der Waals surface area (Å²) in [4.78, 5) is 0. The molecule has 0 amide bonds. The van der Waals surface area contributed by atoms with Gasteiger partial charge >= 0.3 is 0 Å². The van der Waals surface area contributed by atoms with E-state index in [-0.39, 0.29) is 37.4 Å². The van der Waals surface area contributed by atoms with Gasteiger partial charge in [0, 0.05) is 12.5 Å². The maximum Gasteiger partial charge on any atom is 0.231 e. The number of rotatable bonds is 7. The third-order valence-corrected chi connectivity index (χ3v) is 6.07. The van der Waals surface area contributed by atoms with Crippen LogP contribution in [-0.2, 0) is 4.74 Å². The molecule has 0 radical (unpaired) electrons. The molecule has 0 aliphatic carbocycles. The first-order chi connectivity index (χ1) is 15.1. The average molecular weight is 432 g/mol. The normalized spacial score (nSPS) is 24.2. The minimum atomic E-state index is -0.366. The van der Waals surface area contributed by atoms with Gasteiger partial charge in [-0.1, -0.05) is 6.92 Å². The first kappa shape index (κ1) is 21.4. The SMILES string of the molecule is COc1cc(C2OC(c3cc(OC)c4c(c3)OCO4)C(C)C2CO)cc(OC)c1OC. The van der Waals surface area contributed by atoms with Crippen LogP contribution in [-0.4, -0.2) is 46.9 Å². The first-order valence-corrected chi connectivity index (χ1v) is 10.1. The summed E-state index contributed by atoms with van der Waals surface area (Å²) in [5.41, 5.74) is 1.75. The van der Waals surface area contributed by atoms with Gasteiger partial charge in [0.05, 0.1) is 40.6 Å². The fourth-order valence-corrected chi connectivity index (χ4v) is 4.43. The topological polar surface area (TPSA) is 84.8 Å². The van der Waals surface area contributed by atoms with Crippen LogP contribution in [0.3, 0.4) is 0 Å². The maximum atomic E-state index is 10.2. The Kier molecular flexibility index (Phi) is 6.02. The van der Waals surface area contributed by atoms with E-state index in [0.717, 1.165) is 11.1 Å². The molecular weight excluding hydrogens is 404 g/mol. The Morgan fingerprint density at radius 3 is 2.03 bits per heavy atom. The zero-order valence-corrected chi connectivity index (χ0v) is 18.3. The second-order valence-corrected chi connectivity index (χ2v) is 7.60. The molecule has 8 heteroatoms. The first-order valence-electron chi connectivity index (χ1n) is 10.1. The molecule has 31 heavy (non-hydrogen) atoms. The lowest BCUT2D eigenvalue weighted by Gasteiger charge is -2.21. The highest BCUT2D eigenvalue weighted by Gasteiger charge is 2.44. The van der Waals surface area contributed by atoms with Crippen molar-refractivity contribution in [3.8, 4) is 34.5 Å². The predicted octanol–water partition coefficient (Wildman–Crippen LogP) is 3.51. The minimum absolute atomic E-state index is 0.0270. The molecule has 0 bridgehead atoms. The van der Waals surface area contributed by atoms with E-state index >= 15 is 0 Å². The van der Waals surface area contributed by atoms with Crippen LogP contribution < -0.4 is 28.4 Å². The van der Waals surface area contributed by atoms with Gasteiger partial charge in [-0.2, -0.15) is 0 Å². The molecule has 2 aromatic rings. The van der Waals surface area contributed by atoms with Gasteiger partial charge in [0.15, 0.2) is 23.0 Å². The molecule has 8 nitrogen and oxygen atoms in total. The molecular formula is C23H28O8. The fourth-order valence-electron chi connectivity index (χ4n) is 4.43. The third-order valence-electron chi connectivity index (χ3n) is 6.07. The monoisotopic (exact) mass is 432 g/mol. The summed E-state index contributed by atoms with van der Waals surface area (Å²) in [7, 11) is 6.30. The van der Waals surface area contributed by atoms with E-state index in [1.165, 1.54) is 0 Å². The molecule has 2 aromatic carbocycles. The van der Waals surface area contributed by atoms with Crippen molar-refractivity contribution < 1.29 is 38.3 Å². The Balaban J connectivity index is 1.72. The van der Waals surface area contributed by atoms with E-state index < -0.39 is 0 Å². The third kappa shape index (κ3) is 3.59. The number of methoxy groups -OCH3 is 4. The molecule has 0 spiro atoms. The quantitative estimate of drug-likeness (QED) is 0.712. The van der Waals surface area contributed by atoms with Gasteiger partial charge in [0.1, 0.15) is 0 Å². The zero-order chi connectivity index (χ0) is 22.1. The summed E-state index contributed by atoms with van der Waals surface area (Å²) in [6.07, 6.45) is -0.639. The van der Waals surface area contributed by atoms with Gasteiger partial charge in [-0.05, 0) is 41.3 Å². The number of hydrogen-bond donors (Lipinski definition) is 1. The van der Waals surface area contributed by atoms with Crippen molar-refractivity contribution in [3.63, 3.8) is 0 Å². The van der Waals surface area contributed by atoms with Crippen molar-refractivity contribution >= 4 is 0 Å². The van der Waals surface area contributed by atoms with Crippen molar-refractivity contribution in [2.45, 2.75) is 19.1 Å². The zero-order valence-electron chi connectivity index (χ0n) is 18.3. The minimum Gasteiger partial charge on any atom is -0.493 e. The lowest BCUT2D eigenvalue weighted by molar-refractivity contribution is 0.0218. The lowest BCUT2D eigenvalue weighted by Crippen LogP contribution is -2.18. The number of hydrogen-bond acceptors (Lipinski definition) is 8. The molecule has 0 aromatic heterocycles. The molecule has 168 valence electrons. The van der Waals surface area contributed by atoms with Crippen molar-refractivity contribution in [3.05, 3.63) is 35.4 Å². The van der Waals surface area contributed by atoms with Crippen LogP contribution in [0.25, 0.3) is 0 Å². The highest BCUT2D eigenvalue weighted by atomic mass is 16.7. The summed E-state index contributed by atoms with van der Waals surface area (Å²) >= 11 is 0. The lowest BCUT2D eigenvalue weighted by atomic mass is 9.84. The summed E-state index contributed by atoms with van der Waals surface area (Å²) < 4.78 is 39.5. The van der Waals surface area contributed by atoms with Crippen molar-refractivity contribution in [2.24, 2.45) is 11.8 Å². The van der Waals surface area contributed by atoms with Crippen LogP contribution in [0.2, 0.25) is 0 Å². The Morgan fingerprint density at radius 1 is 0.839 bits per heavy atom. The summed E-state index contributed by atoms with van der Waals surface area (Å²) in [6, 6.07) is 7.55. The van der Waals surface area contributed by atoms with Gasteiger partial charge in [-0.25, -0.2) is 0 Å². The van der Waals surface area contributed by atoms with Crippen molar-refractivity contribution in [2.75, 3.05) is 41.8 Å². The number of fused-ring (bicyclic) bond motifs is 1. The highest BCUT2D eigenvalue weighted by Crippen LogP contribution is 2.53. The van der Waals surface area contributed by atoms with Gasteiger partial charge < -0.3 is 38.3 Å². The van der Waals surface area contributed by atoms with Crippen molar-refractivity contribution in [1.29, 1.82) is 0 Å². The fraction of sp³-hybridized carbons (Fsp3) is 0.478. The van der Waals surface area contributed by atoms with E-state index in [0.29, 0.717) is 34.5 Å². The van der Waals surface area contributed by atoms with E-state index in [4.69, 9.17) is 33.2 Å². The Bertz CT molecular complexity index is 918. The summed E-state index contributed by atoms with van der Waals surface area (Å²) in [6.45, 7) is 2.20. The van der Waals surface area contributed by atoms with E-state index in [1.54, 1.807) is 28.4 Å². The predicted molar refractivity (Wildman–Crippen MR) is 112 cm³/mol. The van der Waals surface area contributed by atoms with Gasteiger partial charge in [-0.3, -0.25) is 0 Å². The molecule has 1 fully saturated rings. The largest absolute Gasteiger partial charge is 0.493 e. The van der Waals surface area contributed by atoms with E-state index in [2.05, 4.69) is 6.92 Å². The molecule has 4 unspecified atom stereocenters. The Hall–Kier alpha value is -2.84. The van der Waals surface area contributed by atoms with Crippen LogP contribution in [0.5, 0.6) is 34.5 Å². The second kappa shape index (κ2) is 8.72. The maximum absolute atomic E-state index is 10.2. The molecule has 4 rings (SSSR count). The molecule has 1 N–H and O–H groups in total. The van der Waals surface area contributed by atoms with Crippen molar-refractivity contribution in [1.82, 2.24) is 0 Å². The number of aliphatic hydroxyl groups is 1. The van der Waals surface area contributed by atoms with E-state index in [9.17, 15) is 5.11 Å². The Morgan fingerprint density at radius 2 is 1.45 bits per heavy atom. The second-order valence-electron chi connectivity index (χ2n) is 7.60. The van der Waals surface area contributed by atoms with Crippen LogP contribution in [0.15, 0.2) is 24.3 Å². The Labute approximate surface area is 181 Å². The highest BCUT2D eigenvalue weighted by molar-refractivity contribution is 5.56. The van der Waals surface area contributed by atoms with Crippen LogP contribution in [0, 0.1) is 11.8 Å². The van der Waals surface area contributed by atoms with E-state index in [1.807, 2.05) is 24.3 Å². The molecule has 0 saturated carbocycles. The molecule has 2 aliphatic heterocycles. The molecule has 2 aliphatic rings. The van der Waals surface area contributed by atoms with Gasteiger partial charge in [-0.15, -0.1) is 0 Å². The van der Waals surface area contributed by atoms with Crippen LogP contribution in [0.4, 0.5) is 0 Å².